The molecule has 2 aromatic carbocycles. The van der Waals surface area contributed by atoms with E-state index in [0.29, 0.717) is 12.8 Å². The summed E-state index contributed by atoms with van der Waals surface area (Å²) in [7, 11) is 0. The molecule has 2 aromatic rings. The minimum atomic E-state index is -1.17. The summed E-state index contributed by atoms with van der Waals surface area (Å²) in [4.78, 5) is 51.2. The highest BCUT2D eigenvalue weighted by molar-refractivity contribution is 5.93. The molecule has 212 valence electrons. The molecular weight excluding hydrogens is 498 g/mol. The molecule has 0 aromatic heterocycles. The van der Waals surface area contributed by atoms with Crippen LogP contribution in [-0.2, 0) is 32.0 Å². The lowest BCUT2D eigenvalue weighted by Crippen LogP contribution is -2.58. The molecule has 0 radical (unpaired) electrons. The molecule has 0 spiro atoms. The van der Waals surface area contributed by atoms with Gasteiger partial charge in [0.2, 0.25) is 11.8 Å². The van der Waals surface area contributed by atoms with E-state index >= 15 is 0 Å². The molecular formula is C30H41N3O6. The van der Waals surface area contributed by atoms with Gasteiger partial charge in [0.15, 0.2) is 0 Å². The first-order valence-corrected chi connectivity index (χ1v) is 13.3. The van der Waals surface area contributed by atoms with Gasteiger partial charge in [0.1, 0.15) is 23.7 Å². The van der Waals surface area contributed by atoms with Crippen molar-refractivity contribution in [1.82, 2.24) is 16.0 Å². The number of ether oxygens (including phenoxy) is 1. The molecule has 0 fully saturated rings. The Kier molecular flexibility index (Phi) is 12.0. The van der Waals surface area contributed by atoms with Gasteiger partial charge in [-0.25, -0.2) is 9.59 Å². The average Bonchev–Trinajstić information content (AvgIpc) is 2.88. The number of rotatable bonds is 13. The number of carboxylic acid groups (broad SMARTS) is 1. The molecule has 0 aliphatic rings. The van der Waals surface area contributed by atoms with Crippen LogP contribution in [0.4, 0.5) is 4.79 Å². The van der Waals surface area contributed by atoms with Crippen molar-refractivity contribution in [3.05, 3.63) is 71.8 Å². The topological polar surface area (TPSA) is 134 Å². The molecule has 39 heavy (non-hydrogen) atoms. The Morgan fingerprint density at radius 3 is 1.90 bits per heavy atom. The molecule has 4 atom stereocenters. The average molecular weight is 540 g/mol. The third-order valence-corrected chi connectivity index (χ3v) is 6.26. The maximum absolute atomic E-state index is 13.4. The fourth-order valence-corrected chi connectivity index (χ4v) is 3.94. The molecule has 4 N–H and O–H groups in total. The van der Waals surface area contributed by atoms with Gasteiger partial charge in [0, 0.05) is 6.42 Å². The van der Waals surface area contributed by atoms with Crippen LogP contribution >= 0.6 is 0 Å². The van der Waals surface area contributed by atoms with E-state index in [1.165, 1.54) is 0 Å². The fraction of sp³-hybridized carbons (Fsp3) is 0.467. The van der Waals surface area contributed by atoms with Crippen molar-refractivity contribution in [2.75, 3.05) is 0 Å². The van der Waals surface area contributed by atoms with Crippen molar-refractivity contribution in [3.8, 4) is 0 Å². The van der Waals surface area contributed by atoms with Gasteiger partial charge in [-0.3, -0.25) is 9.59 Å². The number of nitrogens with one attached hydrogen (secondary N) is 3. The molecule has 2 rings (SSSR count). The van der Waals surface area contributed by atoms with Crippen LogP contribution in [0, 0.1) is 5.92 Å². The van der Waals surface area contributed by atoms with Gasteiger partial charge in [-0.15, -0.1) is 0 Å². The van der Waals surface area contributed by atoms with E-state index < -0.39 is 47.6 Å². The van der Waals surface area contributed by atoms with Crippen LogP contribution in [0.2, 0.25) is 0 Å². The summed E-state index contributed by atoms with van der Waals surface area (Å²) in [5.74, 6) is -2.61. The summed E-state index contributed by atoms with van der Waals surface area (Å²) in [6.45, 7) is 8.86. The Morgan fingerprint density at radius 1 is 0.821 bits per heavy atom. The van der Waals surface area contributed by atoms with Crippen molar-refractivity contribution >= 4 is 23.9 Å². The first kappa shape index (κ1) is 31.3. The summed E-state index contributed by atoms with van der Waals surface area (Å²) < 4.78 is 5.35. The van der Waals surface area contributed by atoms with Gasteiger partial charge in [-0.2, -0.15) is 0 Å². The zero-order valence-corrected chi connectivity index (χ0v) is 23.4. The van der Waals surface area contributed by atoms with Crippen molar-refractivity contribution < 1.29 is 29.0 Å². The number of carboxylic acids is 1. The normalized spacial score (nSPS) is 14.3. The predicted octanol–water partition coefficient (Wildman–Crippen LogP) is 3.86. The zero-order valence-electron chi connectivity index (χ0n) is 23.4. The Labute approximate surface area is 230 Å². The number of carbonyl (C=O) groups is 4. The molecule has 0 aliphatic carbocycles. The van der Waals surface area contributed by atoms with Gasteiger partial charge >= 0.3 is 12.1 Å². The standard InChI is InChI=1S/C30H41N3O6/c1-6-20(2)25(27(35)31-24(28(36)37)19-22-15-11-8-12-16-22)33-26(34)23(32-29(38)39-30(3,4)5)18-17-21-13-9-7-10-14-21/h7-16,20,23-25H,6,17-19H2,1-5H3,(H,31,35)(H,32,38)(H,33,34)(H,36,37)/t20?,23-,24-,25-/m0/s1. The molecule has 3 amide bonds. The number of aryl methyl sites for hydroxylation is 1. The molecule has 0 aliphatic heterocycles. The van der Waals surface area contributed by atoms with Crippen LogP contribution in [0.5, 0.6) is 0 Å². The van der Waals surface area contributed by atoms with Crippen LogP contribution in [0.3, 0.4) is 0 Å². The minimum absolute atomic E-state index is 0.100. The third-order valence-electron chi connectivity index (χ3n) is 6.26. The van der Waals surface area contributed by atoms with Gasteiger partial charge in [-0.05, 0) is 50.7 Å². The SMILES string of the molecule is CCC(C)[C@H](NC(=O)[C@H](CCc1ccccc1)NC(=O)OC(C)(C)C)C(=O)N[C@@H](Cc1ccccc1)C(=O)O. The first-order chi connectivity index (χ1) is 18.4. The molecule has 0 saturated heterocycles. The number of carbonyl (C=O) groups excluding carboxylic acids is 3. The van der Waals surface area contributed by atoms with Crippen molar-refractivity contribution in [2.24, 2.45) is 5.92 Å². The highest BCUT2D eigenvalue weighted by Crippen LogP contribution is 2.13. The molecule has 9 nitrogen and oxygen atoms in total. The van der Waals surface area contributed by atoms with Crippen LogP contribution in [0.1, 0.15) is 58.6 Å². The summed E-state index contributed by atoms with van der Waals surface area (Å²) >= 11 is 0. The summed E-state index contributed by atoms with van der Waals surface area (Å²) in [6.07, 6.45) is 0.698. The maximum atomic E-state index is 13.4. The van der Waals surface area contributed by atoms with Crippen LogP contribution in [0.25, 0.3) is 0 Å². The lowest BCUT2D eigenvalue weighted by molar-refractivity contribution is -0.142. The third kappa shape index (κ3) is 11.2. The lowest BCUT2D eigenvalue weighted by atomic mass is 9.96. The predicted molar refractivity (Wildman–Crippen MR) is 149 cm³/mol. The summed E-state index contributed by atoms with van der Waals surface area (Å²) in [5, 5.41) is 17.7. The number of alkyl carbamates (subject to hydrolysis) is 1. The van der Waals surface area contributed by atoms with Crippen LogP contribution in [0.15, 0.2) is 60.7 Å². The largest absolute Gasteiger partial charge is 0.480 e. The first-order valence-electron chi connectivity index (χ1n) is 13.3. The Balaban J connectivity index is 2.19. The highest BCUT2D eigenvalue weighted by atomic mass is 16.6. The quantitative estimate of drug-likeness (QED) is 0.306. The number of hydrogen-bond acceptors (Lipinski definition) is 5. The highest BCUT2D eigenvalue weighted by Gasteiger charge is 2.33. The van der Waals surface area contributed by atoms with Gasteiger partial charge in [-0.1, -0.05) is 80.9 Å². The van der Waals surface area contributed by atoms with Gasteiger partial charge < -0.3 is 25.8 Å². The van der Waals surface area contributed by atoms with E-state index in [0.717, 1.165) is 11.1 Å². The van der Waals surface area contributed by atoms with Gasteiger partial charge in [0.05, 0.1) is 0 Å². The molecule has 0 heterocycles. The molecule has 0 bridgehead atoms. The Hall–Kier alpha value is -3.88. The second kappa shape index (κ2) is 14.9. The molecule has 9 heteroatoms. The fourth-order valence-electron chi connectivity index (χ4n) is 3.94. The molecule has 1 unspecified atom stereocenters. The summed E-state index contributed by atoms with van der Waals surface area (Å²) in [6, 6.07) is 15.4. The van der Waals surface area contributed by atoms with E-state index in [1.54, 1.807) is 52.0 Å². The number of aliphatic carboxylic acids is 1. The zero-order chi connectivity index (χ0) is 29.0. The smallest absolute Gasteiger partial charge is 0.408 e. The number of hydrogen-bond donors (Lipinski definition) is 4. The van der Waals surface area contributed by atoms with Crippen LogP contribution < -0.4 is 16.0 Å². The Bertz CT molecular complexity index is 1080. The second-order valence-electron chi connectivity index (χ2n) is 10.7. The number of amides is 3. The van der Waals surface area contributed by atoms with Crippen molar-refractivity contribution in [3.63, 3.8) is 0 Å². The van der Waals surface area contributed by atoms with Gasteiger partial charge in [0.25, 0.3) is 0 Å². The van der Waals surface area contributed by atoms with Crippen LogP contribution in [-0.4, -0.2) is 52.7 Å². The van der Waals surface area contributed by atoms with E-state index in [2.05, 4.69) is 16.0 Å². The van der Waals surface area contributed by atoms with Crippen molar-refractivity contribution in [1.29, 1.82) is 0 Å². The number of benzene rings is 2. The second-order valence-corrected chi connectivity index (χ2v) is 10.7. The van der Waals surface area contributed by atoms with E-state index in [1.807, 2.05) is 43.3 Å². The van der Waals surface area contributed by atoms with E-state index in [9.17, 15) is 24.3 Å². The maximum Gasteiger partial charge on any atom is 0.408 e. The van der Waals surface area contributed by atoms with E-state index in [-0.39, 0.29) is 18.8 Å². The summed E-state index contributed by atoms with van der Waals surface area (Å²) in [5.41, 5.74) is 0.994. The van der Waals surface area contributed by atoms with E-state index in [4.69, 9.17) is 4.74 Å². The minimum Gasteiger partial charge on any atom is -0.480 e. The van der Waals surface area contributed by atoms with Crippen molar-refractivity contribution in [2.45, 2.75) is 84.0 Å². The molecule has 0 saturated carbocycles. The lowest BCUT2D eigenvalue weighted by Gasteiger charge is -2.28. The Morgan fingerprint density at radius 2 is 1.38 bits per heavy atom. The monoisotopic (exact) mass is 539 g/mol.